The number of fused-ring (bicyclic) bond motifs is 1. The summed E-state index contributed by atoms with van der Waals surface area (Å²) in [5.74, 6) is -0.523. The summed E-state index contributed by atoms with van der Waals surface area (Å²) in [6.45, 7) is 0.850. The second kappa shape index (κ2) is 7.26. The topological polar surface area (TPSA) is 86.5 Å². The highest BCUT2D eigenvalue weighted by Crippen LogP contribution is 2.26. The van der Waals surface area contributed by atoms with Gasteiger partial charge in [0.05, 0.1) is 23.8 Å². The summed E-state index contributed by atoms with van der Waals surface area (Å²) in [7, 11) is 0. The minimum absolute atomic E-state index is 0.161. The van der Waals surface area contributed by atoms with E-state index in [2.05, 4.69) is 9.97 Å². The molecular weight excluding hydrogens is 342 g/mol. The van der Waals surface area contributed by atoms with Crippen molar-refractivity contribution in [1.82, 2.24) is 14.9 Å². The molecular formula is C21H19N3O3. The third kappa shape index (κ3) is 3.45. The molecule has 2 aromatic carbocycles. The summed E-state index contributed by atoms with van der Waals surface area (Å²) >= 11 is 0. The van der Waals surface area contributed by atoms with Crippen molar-refractivity contribution in [3.8, 4) is 11.3 Å². The molecule has 0 saturated carbocycles. The van der Waals surface area contributed by atoms with Crippen LogP contribution in [0.1, 0.15) is 22.9 Å². The van der Waals surface area contributed by atoms with Crippen LogP contribution in [0, 0.1) is 0 Å². The lowest BCUT2D eigenvalue weighted by Gasteiger charge is -2.23. The summed E-state index contributed by atoms with van der Waals surface area (Å²) in [6, 6.07) is 17.2. The highest BCUT2D eigenvalue weighted by Gasteiger charge is 2.33. The van der Waals surface area contributed by atoms with Gasteiger partial charge in [0.15, 0.2) is 6.10 Å². The number of aliphatic hydroxyl groups is 2. The molecule has 2 atom stereocenters. The monoisotopic (exact) mass is 361 g/mol. The van der Waals surface area contributed by atoms with Crippen LogP contribution in [0.2, 0.25) is 0 Å². The summed E-state index contributed by atoms with van der Waals surface area (Å²) in [5, 5.41) is 20.9. The Balaban J connectivity index is 1.51. The Kier molecular flexibility index (Phi) is 4.66. The number of hydrogen-bond acceptors (Lipinski definition) is 5. The van der Waals surface area contributed by atoms with Crippen molar-refractivity contribution >= 4 is 5.91 Å². The fraction of sp³-hybridized carbons (Fsp3) is 0.190. The Labute approximate surface area is 156 Å². The van der Waals surface area contributed by atoms with Crippen molar-refractivity contribution < 1.29 is 15.0 Å². The van der Waals surface area contributed by atoms with Crippen molar-refractivity contribution in [2.24, 2.45) is 0 Å². The molecule has 27 heavy (non-hydrogen) atoms. The molecule has 0 spiro atoms. The first-order chi connectivity index (χ1) is 13.1. The largest absolute Gasteiger partial charge is 0.383 e. The molecule has 6 nitrogen and oxygen atoms in total. The van der Waals surface area contributed by atoms with Crippen LogP contribution >= 0.6 is 0 Å². The molecule has 3 aromatic rings. The first-order valence-electron chi connectivity index (χ1n) is 8.72. The van der Waals surface area contributed by atoms with Gasteiger partial charge in [0, 0.05) is 18.7 Å². The molecule has 0 bridgehead atoms. The average Bonchev–Trinajstić information content (AvgIpc) is 3.17. The highest BCUT2D eigenvalue weighted by molar-refractivity contribution is 5.82. The number of aliphatic hydroxyl groups excluding tert-OH is 2. The Morgan fingerprint density at radius 1 is 0.926 bits per heavy atom. The molecule has 0 fully saturated rings. The van der Waals surface area contributed by atoms with E-state index in [0.717, 1.165) is 16.7 Å². The fourth-order valence-corrected chi connectivity index (χ4v) is 3.24. The van der Waals surface area contributed by atoms with Gasteiger partial charge in [0.2, 0.25) is 0 Å². The lowest BCUT2D eigenvalue weighted by atomic mass is 10.1. The number of hydrogen-bond donors (Lipinski definition) is 2. The first kappa shape index (κ1) is 17.3. The number of carbonyl (C=O) groups is 1. The maximum atomic E-state index is 12.7. The summed E-state index contributed by atoms with van der Waals surface area (Å²) in [4.78, 5) is 22.7. The quantitative estimate of drug-likeness (QED) is 0.743. The molecule has 0 unspecified atom stereocenters. The molecule has 1 aliphatic rings. The molecule has 2 heterocycles. The minimum Gasteiger partial charge on any atom is -0.383 e. The van der Waals surface area contributed by atoms with Gasteiger partial charge in [-0.1, -0.05) is 54.6 Å². The standard InChI is InChI=1S/C21H19N3O3/c25-19(18-11-22-10-17(23-18)14-6-2-1-3-7-14)20(26)21(27)24-12-15-8-4-5-9-16(15)13-24/h1-11,19-20,25-26H,12-13H2/t19-,20+/m0/s1. The van der Waals surface area contributed by atoms with Crippen molar-refractivity contribution in [3.05, 3.63) is 83.8 Å². The summed E-state index contributed by atoms with van der Waals surface area (Å²) < 4.78 is 0. The van der Waals surface area contributed by atoms with Gasteiger partial charge in [-0.3, -0.25) is 9.78 Å². The van der Waals surface area contributed by atoms with Crippen LogP contribution in [0.15, 0.2) is 67.0 Å². The predicted molar refractivity (Wildman–Crippen MR) is 99.1 cm³/mol. The second-order valence-electron chi connectivity index (χ2n) is 6.55. The average molecular weight is 361 g/mol. The first-order valence-corrected chi connectivity index (χ1v) is 8.72. The molecule has 1 aromatic heterocycles. The zero-order valence-electron chi connectivity index (χ0n) is 14.6. The van der Waals surface area contributed by atoms with Crippen LogP contribution in [0.3, 0.4) is 0 Å². The Bertz CT molecular complexity index is 937. The molecule has 1 amide bonds. The van der Waals surface area contributed by atoms with E-state index in [0.29, 0.717) is 18.8 Å². The van der Waals surface area contributed by atoms with E-state index in [-0.39, 0.29) is 5.69 Å². The van der Waals surface area contributed by atoms with Gasteiger partial charge in [-0.15, -0.1) is 0 Å². The van der Waals surface area contributed by atoms with Crippen molar-refractivity contribution in [2.75, 3.05) is 0 Å². The van der Waals surface area contributed by atoms with Crippen molar-refractivity contribution in [2.45, 2.75) is 25.3 Å². The van der Waals surface area contributed by atoms with Crippen molar-refractivity contribution in [1.29, 1.82) is 0 Å². The molecule has 6 heteroatoms. The fourth-order valence-electron chi connectivity index (χ4n) is 3.24. The maximum Gasteiger partial charge on any atom is 0.255 e. The molecule has 0 radical (unpaired) electrons. The molecule has 0 aliphatic carbocycles. The lowest BCUT2D eigenvalue weighted by molar-refractivity contribution is -0.147. The molecule has 0 saturated heterocycles. The Morgan fingerprint density at radius 3 is 2.22 bits per heavy atom. The highest BCUT2D eigenvalue weighted by atomic mass is 16.3. The summed E-state index contributed by atoms with van der Waals surface area (Å²) in [6.07, 6.45) is -0.0968. The van der Waals surface area contributed by atoms with E-state index >= 15 is 0 Å². The van der Waals surface area contributed by atoms with E-state index in [9.17, 15) is 15.0 Å². The van der Waals surface area contributed by atoms with Crippen molar-refractivity contribution in [3.63, 3.8) is 0 Å². The van der Waals surface area contributed by atoms with Crippen LogP contribution in [-0.2, 0) is 17.9 Å². The van der Waals surface area contributed by atoms with E-state index < -0.39 is 18.1 Å². The van der Waals surface area contributed by atoms with Crippen LogP contribution in [0.5, 0.6) is 0 Å². The number of aromatic nitrogens is 2. The van der Waals surface area contributed by atoms with Gasteiger partial charge in [0.25, 0.3) is 5.91 Å². The van der Waals surface area contributed by atoms with Gasteiger partial charge in [0.1, 0.15) is 6.10 Å². The molecule has 136 valence electrons. The number of carbonyl (C=O) groups excluding carboxylic acids is 1. The Hall–Kier alpha value is -3.09. The van der Waals surface area contributed by atoms with Crippen LogP contribution in [0.25, 0.3) is 11.3 Å². The van der Waals surface area contributed by atoms with Gasteiger partial charge in [-0.2, -0.15) is 0 Å². The van der Waals surface area contributed by atoms with Crippen LogP contribution < -0.4 is 0 Å². The smallest absolute Gasteiger partial charge is 0.255 e. The normalized spacial score (nSPS) is 15.3. The van der Waals surface area contributed by atoms with Crippen LogP contribution in [0.4, 0.5) is 0 Å². The molecule has 1 aliphatic heterocycles. The van der Waals surface area contributed by atoms with Gasteiger partial charge >= 0.3 is 0 Å². The van der Waals surface area contributed by atoms with E-state index in [1.165, 1.54) is 11.1 Å². The SMILES string of the molecule is O=C([C@H](O)[C@@H](O)c1cncc(-c2ccccc2)n1)N1Cc2ccccc2C1. The lowest BCUT2D eigenvalue weighted by Crippen LogP contribution is -2.39. The number of nitrogens with zero attached hydrogens (tertiary/aromatic N) is 3. The number of amides is 1. The molecule has 4 rings (SSSR count). The zero-order valence-corrected chi connectivity index (χ0v) is 14.6. The summed E-state index contributed by atoms with van der Waals surface area (Å²) in [5.41, 5.74) is 3.68. The van der Waals surface area contributed by atoms with Gasteiger partial charge < -0.3 is 15.1 Å². The third-order valence-electron chi connectivity index (χ3n) is 4.73. The third-order valence-corrected chi connectivity index (χ3v) is 4.73. The van der Waals surface area contributed by atoms with Gasteiger partial charge in [-0.25, -0.2) is 4.98 Å². The van der Waals surface area contributed by atoms with Gasteiger partial charge in [-0.05, 0) is 11.1 Å². The molecule has 2 N–H and O–H groups in total. The zero-order chi connectivity index (χ0) is 18.8. The van der Waals surface area contributed by atoms with E-state index in [1.54, 1.807) is 6.20 Å². The van der Waals surface area contributed by atoms with Crippen LogP contribution in [-0.4, -0.2) is 37.1 Å². The predicted octanol–water partition coefficient (Wildman–Crippen LogP) is 2.08. The number of benzene rings is 2. The maximum absolute atomic E-state index is 12.7. The van der Waals surface area contributed by atoms with E-state index in [1.807, 2.05) is 54.6 Å². The Morgan fingerprint density at radius 2 is 1.56 bits per heavy atom. The second-order valence-corrected chi connectivity index (χ2v) is 6.55. The van der Waals surface area contributed by atoms with E-state index in [4.69, 9.17) is 0 Å². The number of rotatable bonds is 4. The minimum atomic E-state index is -1.60.